The number of aliphatic hydroxyl groups excluding tert-OH is 1. The van der Waals surface area contributed by atoms with Crippen LogP contribution < -0.4 is 0 Å². The van der Waals surface area contributed by atoms with E-state index in [4.69, 9.17) is 5.11 Å². The number of aliphatic hydroxyl groups is 1. The lowest BCUT2D eigenvalue weighted by molar-refractivity contribution is 0.239. The highest BCUT2D eigenvalue weighted by atomic mass is 16.3. The molecule has 13 heavy (non-hydrogen) atoms. The molecule has 0 aliphatic heterocycles. The van der Waals surface area contributed by atoms with Crippen molar-refractivity contribution in [3.63, 3.8) is 0 Å². The predicted octanol–water partition coefficient (Wildman–Crippen LogP) is 2.98. The van der Waals surface area contributed by atoms with Gasteiger partial charge in [-0.1, -0.05) is 26.2 Å². The van der Waals surface area contributed by atoms with Crippen LogP contribution >= 0.6 is 0 Å². The van der Waals surface area contributed by atoms with E-state index in [0.29, 0.717) is 17.9 Å². The van der Waals surface area contributed by atoms with E-state index < -0.39 is 0 Å². The number of hydrogen-bond acceptors (Lipinski definition) is 1. The maximum absolute atomic E-state index is 9.14. The van der Waals surface area contributed by atoms with Gasteiger partial charge in [-0.25, -0.2) is 0 Å². The molecule has 1 heteroatoms. The van der Waals surface area contributed by atoms with Gasteiger partial charge in [0.2, 0.25) is 0 Å². The zero-order chi connectivity index (χ0) is 9.31. The topological polar surface area (TPSA) is 20.2 Å². The maximum Gasteiger partial charge on any atom is 0.0464 e. The Kier molecular flexibility index (Phi) is 2.64. The lowest BCUT2D eigenvalue weighted by Crippen LogP contribution is -2.05. The molecule has 0 bridgehead atoms. The molecule has 0 amide bonds. The molecule has 1 nitrogen and oxygen atoms in total. The van der Waals surface area contributed by atoms with Gasteiger partial charge in [0.15, 0.2) is 0 Å². The normalized spacial score (nSPS) is 44.8. The van der Waals surface area contributed by atoms with Gasteiger partial charge in [0.1, 0.15) is 0 Å². The minimum atomic E-state index is 0.441. The van der Waals surface area contributed by atoms with Crippen molar-refractivity contribution in [3.8, 4) is 0 Å². The van der Waals surface area contributed by atoms with Crippen LogP contribution in [0.25, 0.3) is 0 Å². The molecule has 2 saturated carbocycles. The van der Waals surface area contributed by atoms with Crippen LogP contribution in [0.15, 0.2) is 0 Å². The second-order valence-electron chi connectivity index (χ2n) is 5.15. The fourth-order valence-corrected chi connectivity index (χ4v) is 3.21. The minimum absolute atomic E-state index is 0.441. The standard InChI is InChI=1S/C12H22O/c1-2-10-4-3-6-12(7-5-10)8-11(12)9-13/h10-11,13H,2-9H2,1H3. The first kappa shape index (κ1) is 9.51. The zero-order valence-corrected chi connectivity index (χ0v) is 8.76. The summed E-state index contributed by atoms with van der Waals surface area (Å²) in [5.74, 6) is 1.66. The zero-order valence-electron chi connectivity index (χ0n) is 8.76. The van der Waals surface area contributed by atoms with Crippen molar-refractivity contribution in [2.75, 3.05) is 6.61 Å². The highest BCUT2D eigenvalue weighted by Crippen LogP contribution is 2.60. The summed E-state index contributed by atoms with van der Waals surface area (Å²) in [5, 5.41) is 9.14. The first-order valence-corrected chi connectivity index (χ1v) is 5.91. The molecule has 0 radical (unpaired) electrons. The lowest BCUT2D eigenvalue weighted by atomic mass is 9.92. The van der Waals surface area contributed by atoms with E-state index in [-0.39, 0.29) is 0 Å². The van der Waals surface area contributed by atoms with Crippen molar-refractivity contribution >= 4 is 0 Å². The van der Waals surface area contributed by atoms with Crippen LogP contribution in [-0.4, -0.2) is 11.7 Å². The molecule has 76 valence electrons. The summed E-state index contributed by atoms with van der Waals surface area (Å²) in [7, 11) is 0. The van der Waals surface area contributed by atoms with E-state index in [0.717, 1.165) is 5.92 Å². The molecule has 0 aromatic heterocycles. The first-order valence-electron chi connectivity index (χ1n) is 5.91. The van der Waals surface area contributed by atoms with Gasteiger partial charge in [-0.2, -0.15) is 0 Å². The van der Waals surface area contributed by atoms with E-state index in [9.17, 15) is 0 Å². The quantitative estimate of drug-likeness (QED) is 0.696. The van der Waals surface area contributed by atoms with Crippen molar-refractivity contribution in [1.82, 2.24) is 0 Å². The molecule has 3 unspecified atom stereocenters. The molecule has 2 rings (SSSR count). The monoisotopic (exact) mass is 182 g/mol. The first-order chi connectivity index (χ1) is 6.30. The average Bonchev–Trinajstić information content (AvgIpc) is 2.89. The van der Waals surface area contributed by atoms with Gasteiger partial charge in [0, 0.05) is 6.61 Å². The molecule has 0 aromatic carbocycles. The Morgan fingerprint density at radius 2 is 2.15 bits per heavy atom. The van der Waals surface area contributed by atoms with Crippen LogP contribution in [0.3, 0.4) is 0 Å². The highest BCUT2D eigenvalue weighted by molar-refractivity contribution is 5.02. The Balaban J connectivity index is 1.89. The van der Waals surface area contributed by atoms with E-state index in [1.807, 2.05) is 0 Å². The average molecular weight is 182 g/mol. The van der Waals surface area contributed by atoms with Crippen LogP contribution in [0.5, 0.6) is 0 Å². The molecular weight excluding hydrogens is 160 g/mol. The number of rotatable bonds is 2. The second kappa shape index (κ2) is 3.61. The smallest absolute Gasteiger partial charge is 0.0464 e. The summed E-state index contributed by atoms with van der Waals surface area (Å²) in [4.78, 5) is 0. The molecule has 0 aromatic rings. The highest BCUT2D eigenvalue weighted by Gasteiger charge is 2.52. The van der Waals surface area contributed by atoms with Gasteiger partial charge in [0.25, 0.3) is 0 Å². The molecule has 2 fully saturated rings. The van der Waals surface area contributed by atoms with Gasteiger partial charge < -0.3 is 5.11 Å². The van der Waals surface area contributed by atoms with E-state index in [1.54, 1.807) is 0 Å². The van der Waals surface area contributed by atoms with Gasteiger partial charge >= 0.3 is 0 Å². The van der Waals surface area contributed by atoms with Crippen LogP contribution in [-0.2, 0) is 0 Å². The van der Waals surface area contributed by atoms with Gasteiger partial charge in [-0.3, -0.25) is 0 Å². The van der Waals surface area contributed by atoms with Crippen molar-refractivity contribution in [3.05, 3.63) is 0 Å². The van der Waals surface area contributed by atoms with Crippen molar-refractivity contribution < 1.29 is 5.11 Å². The van der Waals surface area contributed by atoms with Crippen LogP contribution in [0.2, 0.25) is 0 Å². The molecule has 1 N–H and O–H groups in total. The molecule has 2 aliphatic carbocycles. The van der Waals surface area contributed by atoms with Crippen molar-refractivity contribution in [1.29, 1.82) is 0 Å². The number of hydrogen-bond donors (Lipinski definition) is 1. The SMILES string of the molecule is CCC1CCCC2(CC1)CC2CO. The summed E-state index contributed by atoms with van der Waals surface area (Å²) in [6, 6.07) is 0. The Hall–Kier alpha value is -0.0400. The van der Waals surface area contributed by atoms with Gasteiger partial charge in [0.05, 0.1) is 0 Å². The molecular formula is C12H22O. The molecule has 0 saturated heterocycles. The minimum Gasteiger partial charge on any atom is -0.396 e. The fourth-order valence-electron chi connectivity index (χ4n) is 3.21. The Bertz CT molecular complexity index is 174. The summed E-state index contributed by atoms with van der Waals surface area (Å²) >= 11 is 0. The van der Waals surface area contributed by atoms with E-state index >= 15 is 0 Å². The fraction of sp³-hybridized carbons (Fsp3) is 1.00. The maximum atomic E-state index is 9.14. The largest absolute Gasteiger partial charge is 0.396 e. The van der Waals surface area contributed by atoms with E-state index in [2.05, 4.69) is 6.92 Å². The van der Waals surface area contributed by atoms with Crippen LogP contribution in [0, 0.1) is 17.3 Å². The summed E-state index contributed by atoms with van der Waals surface area (Å²) in [5.41, 5.74) is 0.610. The van der Waals surface area contributed by atoms with Gasteiger partial charge in [-0.15, -0.1) is 0 Å². The Morgan fingerprint density at radius 3 is 2.77 bits per heavy atom. The van der Waals surface area contributed by atoms with Crippen LogP contribution in [0.4, 0.5) is 0 Å². The van der Waals surface area contributed by atoms with Gasteiger partial charge in [-0.05, 0) is 42.9 Å². The van der Waals surface area contributed by atoms with Crippen molar-refractivity contribution in [2.45, 2.75) is 51.9 Å². The summed E-state index contributed by atoms with van der Waals surface area (Å²) in [6.07, 6.45) is 9.75. The molecule has 0 heterocycles. The van der Waals surface area contributed by atoms with Crippen molar-refractivity contribution in [2.24, 2.45) is 17.3 Å². The molecule has 1 spiro atoms. The Labute approximate surface area is 81.5 Å². The second-order valence-corrected chi connectivity index (χ2v) is 5.15. The third-order valence-corrected chi connectivity index (χ3v) is 4.49. The molecule has 2 aliphatic rings. The third kappa shape index (κ3) is 1.76. The molecule has 3 atom stereocenters. The Morgan fingerprint density at radius 1 is 1.31 bits per heavy atom. The third-order valence-electron chi connectivity index (χ3n) is 4.49. The predicted molar refractivity (Wildman–Crippen MR) is 54.5 cm³/mol. The summed E-state index contributed by atoms with van der Waals surface area (Å²) in [6.45, 7) is 2.76. The van der Waals surface area contributed by atoms with E-state index in [1.165, 1.54) is 44.9 Å². The van der Waals surface area contributed by atoms with Crippen LogP contribution in [0.1, 0.15) is 51.9 Å². The lowest BCUT2D eigenvalue weighted by Gasteiger charge is -2.13. The summed E-state index contributed by atoms with van der Waals surface area (Å²) < 4.78 is 0.